The van der Waals surface area contributed by atoms with Crippen molar-refractivity contribution in [3.8, 4) is 0 Å². The monoisotopic (exact) mass is 326 g/mol. The molecule has 4 nitrogen and oxygen atoms in total. The Kier molecular flexibility index (Phi) is 9.45. The minimum atomic E-state index is 1.01. The molecule has 0 aliphatic rings. The molecule has 24 heavy (non-hydrogen) atoms. The van der Waals surface area contributed by atoms with Gasteiger partial charge in [-0.2, -0.15) is 0 Å². The Labute approximate surface area is 146 Å². The summed E-state index contributed by atoms with van der Waals surface area (Å²) in [5.41, 5.74) is 2.39. The third-order valence-electron chi connectivity index (χ3n) is 3.75. The van der Waals surface area contributed by atoms with Gasteiger partial charge in [0.15, 0.2) is 0 Å². The minimum absolute atomic E-state index is 1.01. The summed E-state index contributed by atoms with van der Waals surface area (Å²) in [6.07, 6.45) is 2.27. The first-order valence-corrected chi connectivity index (χ1v) is 8.94. The van der Waals surface area contributed by atoms with Gasteiger partial charge in [0, 0.05) is 37.6 Å². The molecular weight excluding hydrogens is 296 g/mol. The molecule has 0 saturated heterocycles. The van der Waals surface area contributed by atoms with Crippen molar-refractivity contribution in [1.29, 1.82) is 0 Å². The maximum absolute atomic E-state index is 3.47. The third kappa shape index (κ3) is 8.56. The van der Waals surface area contributed by atoms with E-state index in [0.717, 1.165) is 52.1 Å². The van der Waals surface area contributed by atoms with Crippen molar-refractivity contribution in [2.45, 2.75) is 12.8 Å². The van der Waals surface area contributed by atoms with Gasteiger partial charge in [-0.1, -0.05) is 36.4 Å². The second-order valence-electron chi connectivity index (χ2n) is 5.79. The molecule has 2 aromatic carbocycles. The highest BCUT2D eigenvalue weighted by Crippen LogP contribution is 2.04. The van der Waals surface area contributed by atoms with Crippen LogP contribution in [0.15, 0.2) is 60.7 Å². The van der Waals surface area contributed by atoms with Gasteiger partial charge >= 0.3 is 0 Å². The molecule has 0 amide bonds. The molecular formula is C20H30N4. The fourth-order valence-electron chi connectivity index (χ4n) is 2.43. The molecule has 130 valence electrons. The van der Waals surface area contributed by atoms with Gasteiger partial charge in [0.1, 0.15) is 0 Å². The zero-order valence-corrected chi connectivity index (χ0v) is 14.4. The smallest absolute Gasteiger partial charge is 0.0340 e. The van der Waals surface area contributed by atoms with Gasteiger partial charge in [-0.25, -0.2) is 0 Å². The molecule has 4 heteroatoms. The van der Waals surface area contributed by atoms with E-state index < -0.39 is 0 Å². The summed E-state index contributed by atoms with van der Waals surface area (Å²) in [5, 5.41) is 13.8. The number of anilines is 2. The van der Waals surface area contributed by atoms with Crippen LogP contribution in [0.4, 0.5) is 11.4 Å². The Balaban J connectivity index is 1.32. The summed E-state index contributed by atoms with van der Waals surface area (Å²) < 4.78 is 0. The van der Waals surface area contributed by atoms with Crippen LogP contribution in [0, 0.1) is 0 Å². The zero-order valence-electron chi connectivity index (χ0n) is 14.4. The lowest BCUT2D eigenvalue weighted by atomic mass is 10.3. The lowest BCUT2D eigenvalue weighted by Crippen LogP contribution is -2.29. The van der Waals surface area contributed by atoms with Crippen LogP contribution in [0.5, 0.6) is 0 Å². The van der Waals surface area contributed by atoms with Crippen LogP contribution in [-0.4, -0.2) is 39.3 Å². The molecule has 2 aromatic rings. The number of rotatable bonds is 13. The maximum atomic E-state index is 3.47. The van der Waals surface area contributed by atoms with E-state index in [2.05, 4.69) is 69.8 Å². The van der Waals surface area contributed by atoms with Gasteiger partial charge in [-0.15, -0.1) is 0 Å². The van der Waals surface area contributed by atoms with E-state index in [1.54, 1.807) is 0 Å². The summed E-state index contributed by atoms with van der Waals surface area (Å²) in [7, 11) is 0. The summed E-state index contributed by atoms with van der Waals surface area (Å²) in [4.78, 5) is 0. The van der Waals surface area contributed by atoms with E-state index >= 15 is 0 Å². The summed E-state index contributed by atoms with van der Waals surface area (Å²) in [5.74, 6) is 0. The average Bonchev–Trinajstić information content (AvgIpc) is 2.64. The quantitative estimate of drug-likeness (QED) is 0.427. The Bertz CT molecular complexity index is 466. The van der Waals surface area contributed by atoms with Crippen molar-refractivity contribution < 1.29 is 0 Å². The molecule has 0 unspecified atom stereocenters. The van der Waals surface area contributed by atoms with Gasteiger partial charge in [-0.05, 0) is 50.2 Å². The molecule has 0 spiro atoms. The fraction of sp³-hybridized carbons (Fsp3) is 0.400. The first-order chi connectivity index (χ1) is 11.9. The SMILES string of the molecule is c1ccc(NCCCNCCNCCCNc2ccccc2)cc1. The van der Waals surface area contributed by atoms with Crippen LogP contribution in [0.1, 0.15) is 12.8 Å². The molecule has 0 aliphatic carbocycles. The van der Waals surface area contributed by atoms with Crippen LogP contribution in [0.2, 0.25) is 0 Å². The standard InChI is InChI=1S/C20H30N4/c1-3-9-19(10-4-1)23-15-7-13-21-17-18-22-14-8-16-24-20-11-5-2-6-12-20/h1-6,9-12,21-24H,7-8,13-18H2. The number of para-hydroxylation sites is 2. The van der Waals surface area contributed by atoms with Crippen molar-refractivity contribution in [3.63, 3.8) is 0 Å². The lowest BCUT2D eigenvalue weighted by molar-refractivity contribution is 0.595. The van der Waals surface area contributed by atoms with Gasteiger partial charge in [-0.3, -0.25) is 0 Å². The van der Waals surface area contributed by atoms with Crippen LogP contribution >= 0.6 is 0 Å². The van der Waals surface area contributed by atoms with Crippen molar-refractivity contribution >= 4 is 11.4 Å². The Morgan fingerprint density at radius 1 is 0.458 bits per heavy atom. The molecule has 2 rings (SSSR count). The predicted octanol–water partition coefficient (Wildman–Crippen LogP) is 3.17. The molecule has 0 aliphatic heterocycles. The van der Waals surface area contributed by atoms with Gasteiger partial charge in [0.2, 0.25) is 0 Å². The van der Waals surface area contributed by atoms with Gasteiger partial charge < -0.3 is 21.3 Å². The third-order valence-corrected chi connectivity index (χ3v) is 3.75. The highest BCUT2D eigenvalue weighted by Gasteiger charge is 1.92. The second-order valence-corrected chi connectivity index (χ2v) is 5.79. The number of benzene rings is 2. The number of hydrogen-bond donors (Lipinski definition) is 4. The van der Waals surface area contributed by atoms with E-state index in [4.69, 9.17) is 0 Å². The van der Waals surface area contributed by atoms with E-state index in [-0.39, 0.29) is 0 Å². The Morgan fingerprint density at radius 2 is 0.875 bits per heavy atom. The van der Waals surface area contributed by atoms with E-state index in [1.165, 1.54) is 11.4 Å². The topological polar surface area (TPSA) is 48.1 Å². The zero-order chi connectivity index (χ0) is 16.7. The summed E-state index contributed by atoms with van der Waals surface area (Å²) in [6.45, 7) is 6.17. The highest BCUT2D eigenvalue weighted by molar-refractivity contribution is 5.42. The molecule has 0 saturated carbocycles. The van der Waals surface area contributed by atoms with Gasteiger partial charge in [0.25, 0.3) is 0 Å². The van der Waals surface area contributed by atoms with Crippen LogP contribution < -0.4 is 21.3 Å². The minimum Gasteiger partial charge on any atom is -0.385 e. The van der Waals surface area contributed by atoms with Crippen molar-refractivity contribution in [2.75, 3.05) is 49.9 Å². The molecule has 0 aromatic heterocycles. The number of nitrogens with one attached hydrogen (secondary N) is 4. The van der Waals surface area contributed by atoms with Crippen molar-refractivity contribution in [1.82, 2.24) is 10.6 Å². The van der Waals surface area contributed by atoms with E-state index in [1.807, 2.05) is 12.1 Å². The molecule has 0 bridgehead atoms. The first-order valence-electron chi connectivity index (χ1n) is 8.94. The second kappa shape index (κ2) is 12.4. The summed E-state index contributed by atoms with van der Waals surface area (Å²) >= 11 is 0. The average molecular weight is 326 g/mol. The van der Waals surface area contributed by atoms with Crippen molar-refractivity contribution in [2.24, 2.45) is 0 Å². The molecule has 0 heterocycles. The van der Waals surface area contributed by atoms with Crippen LogP contribution in [0.25, 0.3) is 0 Å². The van der Waals surface area contributed by atoms with E-state index in [9.17, 15) is 0 Å². The Hall–Kier alpha value is -2.04. The molecule has 4 N–H and O–H groups in total. The maximum Gasteiger partial charge on any atom is 0.0340 e. The molecule has 0 radical (unpaired) electrons. The fourth-order valence-corrected chi connectivity index (χ4v) is 2.43. The first kappa shape index (κ1) is 18.3. The predicted molar refractivity (Wildman–Crippen MR) is 105 cm³/mol. The largest absolute Gasteiger partial charge is 0.385 e. The van der Waals surface area contributed by atoms with Crippen LogP contribution in [0.3, 0.4) is 0 Å². The summed E-state index contributed by atoms with van der Waals surface area (Å²) in [6, 6.07) is 20.7. The molecule has 0 fully saturated rings. The van der Waals surface area contributed by atoms with Gasteiger partial charge in [0.05, 0.1) is 0 Å². The Morgan fingerprint density at radius 3 is 1.29 bits per heavy atom. The highest BCUT2D eigenvalue weighted by atomic mass is 14.9. The normalized spacial score (nSPS) is 10.5. The van der Waals surface area contributed by atoms with E-state index in [0.29, 0.717) is 0 Å². The molecule has 0 atom stereocenters. The lowest BCUT2D eigenvalue weighted by Gasteiger charge is -2.09. The van der Waals surface area contributed by atoms with Crippen molar-refractivity contribution in [3.05, 3.63) is 60.7 Å². The van der Waals surface area contributed by atoms with Crippen LogP contribution in [-0.2, 0) is 0 Å². The number of hydrogen-bond acceptors (Lipinski definition) is 4.